The van der Waals surface area contributed by atoms with E-state index in [2.05, 4.69) is 14.1 Å². The zero-order valence-electron chi connectivity index (χ0n) is 10.3. The molecule has 1 aromatic carbocycles. The first-order valence-corrected chi connectivity index (χ1v) is 6.84. The normalized spacial score (nSPS) is 12.2. The minimum atomic E-state index is -0.654. The van der Waals surface area contributed by atoms with Crippen LogP contribution in [0, 0.1) is 6.92 Å². The molecule has 1 aromatic heterocycles. The van der Waals surface area contributed by atoms with Crippen LogP contribution in [-0.2, 0) is 0 Å². The highest BCUT2D eigenvalue weighted by molar-refractivity contribution is 6.99. The lowest BCUT2D eigenvalue weighted by molar-refractivity contribution is 0.115. The summed E-state index contributed by atoms with van der Waals surface area (Å²) in [5, 5.41) is 13.5. The van der Waals surface area contributed by atoms with Crippen LogP contribution in [0.15, 0.2) is 24.4 Å². The standard InChI is InChI=1S/C12H14ClN3O2S/c1-8-2-3-11(10(13)4-8)14-5-9(17)7-18-12-6-15-19-16-12/h2-4,6,9,14,17H,5,7H2,1H3. The summed E-state index contributed by atoms with van der Waals surface area (Å²) in [6.07, 6.45) is 0.862. The Hall–Kier alpha value is -1.37. The van der Waals surface area contributed by atoms with Crippen LogP contribution in [0.5, 0.6) is 5.88 Å². The van der Waals surface area contributed by atoms with E-state index in [9.17, 15) is 5.11 Å². The second-order valence-electron chi connectivity index (χ2n) is 4.07. The topological polar surface area (TPSA) is 67.3 Å². The summed E-state index contributed by atoms with van der Waals surface area (Å²) < 4.78 is 12.9. The molecule has 7 heteroatoms. The Morgan fingerprint density at radius 3 is 3.05 bits per heavy atom. The molecule has 0 aliphatic rings. The lowest BCUT2D eigenvalue weighted by atomic mass is 10.2. The minimum Gasteiger partial charge on any atom is -0.473 e. The molecule has 1 unspecified atom stereocenters. The van der Waals surface area contributed by atoms with Crippen LogP contribution >= 0.6 is 23.3 Å². The van der Waals surface area contributed by atoms with Crippen LogP contribution in [0.1, 0.15) is 5.56 Å². The summed E-state index contributed by atoms with van der Waals surface area (Å²) in [5.74, 6) is 0.428. The molecule has 1 atom stereocenters. The van der Waals surface area contributed by atoms with Gasteiger partial charge in [-0.2, -0.15) is 4.37 Å². The monoisotopic (exact) mass is 299 g/mol. The van der Waals surface area contributed by atoms with Gasteiger partial charge in [0.15, 0.2) is 0 Å². The van der Waals surface area contributed by atoms with Gasteiger partial charge in [0.1, 0.15) is 18.9 Å². The van der Waals surface area contributed by atoms with Crippen molar-refractivity contribution < 1.29 is 9.84 Å². The third-order valence-corrected chi connectivity index (χ3v) is 3.19. The minimum absolute atomic E-state index is 0.155. The Morgan fingerprint density at radius 1 is 1.53 bits per heavy atom. The summed E-state index contributed by atoms with van der Waals surface area (Å²) in [4.78, 5) is 0. The number of rotatable bonds is 6. The van der Waals surface area contributed by atoms with E-state index in [1.54, 1.807) is 0 Å². The Morgan fingerprint density at radius 2 is 2.37 bits per heavy atom. The number of hydrogen-bond acceptors (Lipinski definition) is 6. The highest BCUT2D eigenvalue weighted by Gasteiger charge is 2.08. The van der Waals surface area contributed by atoms with Crippen LogP contribution in [0.25, 0.3) is 0 Å². The number of aromatic nitrogens is 2. The molecule has 0 amide bonds. The quantitative estimate of drug-likeness (QED) is 0.857. The number of nitrogens with zero attached hydrogens (tertiary/aromatic N) is 2. The molecule has 2 N–H and O–H groups in total. The largest absolute Gasteiger partial charge is 0.473 e. The van der Waals surface area contributed by atoms with Crippen molar-refractivity contribution in [1.29, 1.82) is 0 Å². The molecule has 5 nitrogen and oxygen atoms in total. The molecule has 0 saturated carbocycles. The number of halogens is 1. The first kappa shape index (κ1) is 14.0. The predicted octanol–water partition coefficient (Wildman–Crippen LogP) is 2.35. The lowest BCUT2D eigenvalue weighted by Gasteiger charge is -2.14. The summed E-state index contributed by atoms with van der Waals surface area (Å²) in [5.41, 5.74) is 1.89. The average Bonchev–Trinajstić information content (AvgIpc) is 2.88. The molecular weight excluding hydrogens is 286 g/mol. The fourth-order valence-corrected chi connectivity index (χ4v) is 2.12. The van der Waals surface area contributed by atoms with E-state index in [1.165, 1.54) is 6.20 Å². The van der Waals surface area contributed by atoms with Crippen molar-refractivity contribution in [3.05, 3.63) is 35.0 Å². The summed E-state index contributed by atoms with van der Waals surface area (Å²) >= 11 is 7.14. The molecule has 0 spiro atoms. The van der Waals surface area contributed by atoms with Gasteiger partial charge in [-0.05, 0) is 24.6 Å². The van der Waals surface area contributed by atoms with Crippen LogP contribution in [0.3, 0.4) is 0 Å². The molecular formula is C12H14ClN3O2S. The van der Waals surface area contributed by atoms with Gasteiger partial charge in [-0.15, -0.1) is 4.37 Å². The highest BCUT2D eigenvalue weighted by Crippen LogP contribution is 2.22. The van der Waals surface area contributed by atoms with E-state index in [-0.39, 0.29) is 6.61 Å². The Bertz CT molecular complexity index is 522. The number of hydrogen-bond donors (Lipinski definition) is 2. The van der Waals surface area contributed by atoms with Gasteiger partial charge in [0, 0.05) is 6.54 Å². The number of nitrogens with one attached hydrogen (secondary N) is 1. The Balaban J connectivity index is 1.78. The van der Waals surface area contributed by atoms with Crippen molar-refractivity contribution in [1.82, 2.24) is 8.75 Å². The van der Waals surface area contributed by atoms with E-state index in [0.717, 1.165) is 23.0 Å². The van der Waals surface area contributed by atoms with E-state index in [0.29, 0.717) is 17.4 Å². The molecule has 2 aromatic rings. The average molecular weight is 300 g/mol. The lowest BCUT2D eigenvalue weighted by Crippen LogP contribution is -2.26. The summed E-state index contributed by atoms with van der Waals surface area (Å²) in [6, 6.07) is 5.71. The number of aliphatic hydroxyl groups excluding tert-OH is 1. The van der Waals surface area contributed by atoms with Crippen molar-refractivity contribution in [2.75, 3.05) is 18.5 Å². The predicted molar refractivity (Wildman–Crippen MR) is 76.1 cm³/mol. The maximum atomic E-state index is 9.78. The van der Waals surface area contributed by atoms with Gasteiger partial charge in [0.2, 0.25) is 5.88 Å². The smallest absolute Gasteiger partial charge is 0.245 e. The van der Waals surface area contributed by atoms with Gasteiger partial charge >= 0.3 is 0 Å². The third kappa shape index (κ3) is 4.34. The first-order chi connectivity index (χ1) is 9.15. The number of aryl methyl sites for hydroxylation is 1. The molecule has 0 fully saturated rings. The number of benzene rings is 1. The zero-order valence-corrected chi connectivity index (χ0v) is 11.9. The van der Waals surface area contributed by atoms with E-state index in [4.69, 9.17) is 16.3 Å². The van der Waals surface area contributed by atoms with Crippen molar-refractivity contribution in [2.24, 2.45) is 0 Å². The summed E-state index contributed by atoms with van der Waals surface area (Å²) in [6.45, 7) is 2.47. The van der Waals surface area contributed by atoms with Gasteiger partial charge < -0.3 is 15.2 Å². The van der Waals surface area contributed by atoms with Gasteiger partial charge in [-0.25, -0.2) is 0 Å². The molecule has 0 bridgehead atoms. The second-order valence-corrected chi connectivity index (χ2v) is 5.04. The maximum Gasteiger partial charge on any atom is 0.245 e. The van der Waals surface area contributed by atoms with Crippen molar-refractivity contribution >= 4 is 29.0 Å². The van der Waals surface area contributed by atoms with E-state index in [1.807, 2.05) is 25.1 Å². The van der Waals surface area contributed by atoms with Gasteiger partial charge in [-0.1, -0.05) is 17.7 Å². The molecule has 0 aliphatic heterocycles. The SMILES string of the molecule is Cc1ccc(NCC(O)COc2cnsn2)c(Cl)c1. The van der Waals surface area contributed by atoms with Crippen molar-refractivity contribution in [3.8, 4) is 5.88 Å². The molecule has 1 heterocycles. The molecule has 19 heavy (non-hydrogen) atoms. The third-order valence-electron chi connectivity index (χ3n) is 2.42. The van der Waals surface area contributed by atoms with Gasteiger partial charge in [0.05, 0.1) is 22.4 Å². The Kier molecular flexibility index (Phi) is 4.95. The number of ether oxygens (including phenoxy) is 1. The first-order valence-electron chi connectivity index (χ1n) is 5.73. The van der Waals surface area contributed by atoms with Crippen LogP contribution in [0.2, 0.25) is 5.02 Å². The maximum absolute atomic E-state index is 9.78. The van der Waals surface area contributed by atoms with Gasteiger partial charge in [-0.3, -0.25) is 0 Å². The second kappa shape index (κ2) is 6.70. The fourth-order valence-electron chi connectivity index (χ4n) is 1.45. The van der Waals surface area contributed by atoms with Gasteiger partial charge in [0.25, 0.3) is 0 Å². The zero-order chi connectivity index (χ0) is 13.7. The van der Waals surface area contributed by atoms with Crippen LogP contribution < -0.4 is 10.1 Å². The molecule has 0 saturated heterocycles. The van der Waals surface area contributed by atoms with Crippen molar-refractivity contribution in [2.45, 2.75) is 13.0 Å². The summed E-state index contributed by atoms with van der Waals surface area (Å²) in [7, 11) is 0. The molecule has 0 aliphatic carbocycles. The van der Waals surface area contributed by atoms with E-state index < -0.39 is 6.10 Å². The fraction of sp³-hybridized carbons (Fsp3) is 0.333. The van der Waals surface area contributed by atoms with Crippen LogP contribution in [-0.4, -0.2) is 33.1 Å². The highest BCUT2D eigenvalue weighted by atomic mass is 35.5. The Labute approximate surface area is 120 Å². The molecule has 0 radical (unpaired) electrons. The molecule has 102 valence electrons. The number of aliphatic hydroxyl groups is 1. The number of anilines is 1. The van der Waals surface area contributed by atoms with Crippen LogP contribution in [0.4, 0.5) is 5.69 Å². The van der Waals surface area contributed by atoms with E-state index >= 15 is 0 Å². The van der Waals surface area contributed by atoms with Crippen molar-refractivity contribution in [3.63, 3.8) is 0 Å². The molecule has 2 rings (SSSR count).